The normalized spacial score (nSPS) is 10.4. The number of hydrogen-bond donors (Lipinski definition) is 2. The molecule has 0 radical (unpaired) electrons. The van der Waals surface area contributed by atoms with Gasteiger partial charge in [-0.05, 0) is 0 Å². The van der Waals surface area contributed by atoms with Crippen LogP contribution in [0.5, 0.6) is 0 Å². The summed E-state index contributed by atoms with van der Waals surface area (Å²) in [5.41, 5.74) is 7.09. The number of aromatic nitrogens is 1. The van der Waals surface area contributed by atoms with Gasteiger partial charge in [0.25, 0.3) is 12.3 Å². The molecule has 0 aromatic carbocycles. The van der Waals surface area contributed by atoms with Gasteiger partial charge in [-0.25, -0.2) is 13.8 Å². The molecule has 0 spiro atoms. The number of pyridine rings is 1. The number of nitro groups is 1. The lowest BCUT2D eigenvalue weighted by atomic mass is 10.1. The van der Waals surface area contributed by atoms with Crippen LogP contribution in [0.15, 0.2) is 6.20 Å². The van der Waals surface area contributed by atoms with Gasteiger partial charge in [0.1, 0.15) is 17.6 Å². The van der Waals surface area contributed by atoms with Crippen LogP contribution in [-0.4, -0.2) is 15.8 Å². The van der Waals surface area contributed by atoms with Gasteiger partial charge in [-0.3, -0.25) is 14.9 Å². The lowest BCUT2D eigenvalue weighted by Gasteiger charge is -2.08. The second-order valence-corrected chi connectivity index (χ2v) is 2.74. The number of nitrogens with two attached hydrogens (primary N) is 2. The summed E-state index contributed by atoms with van der Waals surface area (Å²) in [6.45, 7) is 0. The van der Waals surface area contributed by atoms with Crippen LogP contribution >= 0.6 is 0 Å². The Hall–Kier alpha value is -2.32. The second kappa shape index (κ2) is 4.04. The van der Waals surface area contributed by atoms with E-state index < -0.39 is 39.9 Å². The van der Waals surface area contributed by atoms with E-state index in [1.54, 1.807) is 0 Å². The highest BCUT2D eigenvalue weighted by atomic mass is 19.3. The molecule has 86 valence electrons. The van der Waals surface area contributed by atoms with Crippen LogP contribution in [0.2, 0.25) is 0 Å². The van der Waals surface area contributed by atoms with E-state index in [9.17, 15) is 23.7 Å². The van der Waals surface area contributed by atoms with Crippen LogP contribution in [0, 0.1) is 10.1 Å². The molecule has 1 aromatic rings. The van der Waals surface area contributed by atoms with E-state index in [0.29, 0.717) is 6.20 Å². The van der Waals surface area contributed by atoms with Gasteiger partial charge < -0.3 is 11.5 Å². The third-order valence-corrected chi connectivity index (χ3v) is 1.79. The van der Waals surface area contributed by atoms with E-state index in [1.807, 2.05) is 0 Å². The Balaban J connectivity index is 3.63. The number of primary amides is 1. The largest absolute Gasteiger partial charge is 0.383 e. The third kappa shape index (κ3) is 1.87. The van der Waals surface area contributed by atoms with Gasteiger partial charge in [-0.2, -0.15) is 0 Å². The zero-order valence-electron chi connectivity index (χ0n) is 7.68. The number of halogens is 2. The molecule has 0 aliphatic carbocycles. The second-order valence-electron chi connectivity index (χ2n) is 2.74. The van der Waals surface area contributed by atoms with Gasteiger partial charge in [-0.15, -0.1) is 0 Å². The van der Waals surface area contributed by atoms with Gasteiger partial charge in [0.2, 0.25) is 0 Å². The molecule has 7 nitrogen and oxygen atoms in total. The quantitative estimate of drug-likeness (QED) is 0.583. The van der Waals surface area contributed by atoms with Crippen LogP contribution in [0.4, 0.5) is 20.3 Å². The first-order valence-electron chi connectivity index (χ1n) is 3.87. The number of carbonyl (C=O) groups is 1. The highest BCUT2D eigenvalue weighted by Gasteiger charge is 2.29. The van der Waals surface area contributed by atoms with Gasteiger partial charge in [0.05, 0.1) is 10.5 Å². The van der Waals surface area contributed by atoms with Crippen molar-refractivity contribution in [3.05, 3.63) is 27.4 Å². The minimum Gasteiger partial charge on any atom is -0.383 e. The molecule has 1 aromatic heterocycles. The first-order valence-corrected chi connectivity index (χ1v) is 3.87. The lowest BCUT2D eigenvalue weighted by molar-refractivity contribution is -0.385. The minimum atomic E-state index is -3.17. The summed E-state index contributed by atoms with van der Waals surface area (Å²) in [6.07, 6.45) is -2.56. The van der Waals surface area contributed by atoms with Crippen molar-refractivity contribution < 1.29 is 18.5 Å². The van der Waals surface area contributed by atoms with Crippen molar-refractivity contribution in [1.29, 1.82) is 0 Å². The van der Waals surface area contributed by atoms with Gasteiger partial charge in [0.15, 0.2) is 0 Å². The molecule has 0 fully saturated rings. The molecule has 4 N–H and O–H groups in total. The van der Waals surface area contributed by atoms with Crippen molar-refractivity contribution >= 4 is 17.4 Å². The van der Waals surface area contributed by atoms with E-state index in [2.05, 4.69) is 4.98 Å². The van der Waals surface area contributed by atoms with Crippen LogP contribution < -0.4 is 11.5 Å². The molecule has 9 heteroatoms. The SMILES string of the molecule is NC(=O)c1c([N+](=O)[O-])cnc(N)c1C(F)F. The number of rotatable bonds is 3. The number of hydrogen-bond acceptors (Lipinski definition) is 5. The summed E-state index contributed by atoms with van der Waals surface area (Å²) in [5.74, 6) is -2.01. The lowest BCUT2D eigenvalue weighted by Crippen LogP contribution is -2.18. The Morgan fingerprint density at radius 1 is 1.56 bits per heavy atom. The number of carbonyl (C=O) groups excluding carboxylic acids is 1. The predicted octanol–water partition coefficient (Wildman–Crippen LogP) is 0.608. The summed E-state index contributed by atoms with van der Waals surface area (Å²) in [7, 11) is 0. The maximum atomic E-state index is 12.5. The van der Waals surface area contributed by atoms with E-state index in [-0.39, 0.29) is 0 Å². The fourth-order valence-electron chi connectivity index (χ4n) is 1.15. The van der Waals surface area contributed by atoms with Crippen molar-refractivity contribution in [3.8, 4) is 0 Å². The van der Waals surface area contributed by atoms with E-state index in [0.717, 1.165) is 0 Å². The van der Waals surface area contributed by atoms with Crippen molar-refractivity contribution in [2.45, 2.75) is 6.43 Å². The first kappa shape index (κ1) is 11.8. The van der Waals surface area contributed by atoms with E-state index in [4.69, 9.17) is 11.5 Å². The van der Waals surface area contributed by atoms with Gasteiger partial charge in [-0.1, -0.05) is 0 Å². The Bertz CT molecular complexity index is 463. The van der Waals surface area contributed by atoms with Gasteiger partial charge >= 0.3 is 5.69 Å². The fourth-order valence-corrected chi connectivity index (χ4v) is 1.15. The number of alkyl halides is 2. The maximum Gasteiger partial charge on any atom is 0.300 e. The molecule has 16 heavy (non-hydrogen) atoms. The molecular formula is C7H6F2N4O3. The van der Waals surface area contributed by atoms with Crippen molar-refractivity contribution in [2.24, 2.45) is 5.73 Å². The van der Waals surface area contributed by atoms with Crippen molar-refractivity contribution in [3.63, 3.8) is 0 Å². The summed E-state index contributed by atoms with van der Waals surface area (Å²) >= 11 is 0. The predicted molar refractivity (Wildman–Crippen MR) is 48.8 cm³/mol. The van der Waals surface area contributed by atoms with E-state index in [1.165, 1.54) is 0 Å². The summed E-state index contributed by atoms with van der Waals surface area (Å²) < 4.78 is 25.1. The average molecular weight is 232 g/mol. The van der Waals surface area contributed by atoms with Crippen LogP contribution in [-0.2, 0) is 0 Å². The fraction of sp³-hybridized carbons (Fsp3) is 0.143. The van der Waals surface area contributed by atoms with E-state index >= 15 is 0 Å². The highest BCUT2D eigenvalue weighted by Crippen LogP contribution is 2.32. The Labute approximate surface area is 87.2 Å². The monoisotopic (exact) mass is 232 g/mol. The van der Waals surface area contributed by atoms with Gasteiger partial charge in [0, 0.05) is 0 Å². The molecule has 0 saturated carbocycles. The number of anilines is 1. The average Bonchev–Trinajstić information content (AvgIpc) is 2.15. The van der Waals surface area contributed by atoms with Crippen LogP contribution in [0.25, 0.3) is 0 Å². The smallest absolute Gasteiger partial charge is 0.300 e. The third-order valence-electron chi connectivity index (χ3n) is 1.79. The van der Waals surface area contributed by atoms with Crippen molar-refractivity contribution in [1.82, 2.24) is 4.98 Å². The summed E-state index contributed by atoms with van der Waals surface area (Å²) in [4.78, 5) is 23.6. The summed E-state index contributed by atoms with van der Waals surface area (Å²) in [5, 5.41) is 10.5. The standard InChI is InChI=1S/C7H6F2N4O3/c8-5(9)4-3(7(11)14)2(13(15)16)1-12-6(4)10/h1,5H,(H2,10,12)(H2,11,14). The number of nitrogen functional groups attached to an aromatic ring is 1. The Kier molecular flexibility index (Phi) is 2.97. The molecule has 1 rings (SSSR count). The zero-order valence-corrected chi connectivity index (χ0v) is 7.68. The van der Waals surface area contributed by atoms with Crippen LogP contribution in [0.1, 0.15) is 22.3 Å². The number of amides is 1. The number of nitrogens with zero attached hydrogens (tertiary/aromatic N) is 2. The first-order chi connectivity index (χ1) is 7.36. The minimum absolute atomic E-state index is 0.612. The van der Waals surface area contributed by atoms with Crippen LogP contribution in [0.3, 0.4) is 0 Å². The summed E-state index contributed by atoms with van der Waals surface area (Å²) in [6, 6.07) is 0. The Morgan fingerprint density at radius 2 is 2.12 bits per heavy atom. The molecule has 0 aliphatic rings. The van der Waals surface area contributed by atoms with Crippen molar-refractivity contribution in [2.75, 3.05) is 5.73 Å². The molecule has 0 bridgehead atoms. The highest BCUT2D eigenvalue weighted by molar-refractivity contribution is 5.99. The molecule has 0 saturated heterocycles. The molecule has 1 amide bonds. The molecular weight excluding hydrogens is 226 g/mol. The molecule has 0 atom stereocenters. The topological polar surface area (TPSA) is 125 Å². The Morgan fingerprint density at radius 3 is 2.50 bits per heavy atom. The maximum absolute atomic E-state index is 12.5. The molecule has 0 unspecified atom stereocenters. The zero-order chi connectivity index (χ0) is 12.5. The molecule has 0 aliphatic heterocycles. The molecule has 1 heterocycles.